The predicted molar refractivity (Wildman–Crippen MR) is 141 cm³/mol. The average molecular weight is 551 g/mol. The molecule has 1 heterocycles. The molecule has 200 valence electrons. The van der Waals surface area contributed by atoms with E-state index < -0.39 is 28.7 Å². The molecule has 0 radical (unpaired) electrons. The third kappa shape index (κ3) is 6.51. The van der Waals surface area contributed by atoms with E-state index in [-0.39, 0.29) is 27.6 Å². The number of nitro benzene ring substituents is 1. The Kier molecular flexibility index (Phi) is 8.41. The highest BCUT2D eigenvalue weighted by atomic mass is 32.1. The number of nitrogens with one attached hydrogen (secondary N) is 2. The number of methoxy groups -OCH3 is 1. The summed E-state index contributed by atoms with van der Waals surface area (Å²) >= 11 is 1.26. The summed E-state index contributed by atoms with van der Waals surface area (Å²) in [5.74, 6) is -3.16. The van der Waals surface area contributed by atoms with Crippen molar-refractivity contribution in [1.29, 1.82) is 0 Å². The van der Waals surface area contributed by atoms with Crippen molar-refractivity contribution in [3.8, 4) is 5.75 Å². The Labute approximate surface area is 225 Å². The van der Waals surface area contributed by atoms with Crippen molar-refractivity contribution >= 4 is 52.0 Å². The number of esters is 2. The molecule has 4 rings (SSSR count). The van der Waals surface area contributed by atoms with Crippen LogP contribution in [0.3, 0.4) is 0 Å². The molecule has 2 N–H and O–H groups in total. The van der Waals surface area contributed by atoms with Crippen molar-refractivity contribution in [3.05, 3.63) is 85.8 Å². The van der Waals surface area contributed by atoms with Crippen LogP contribution < -0.4 is 15.5 Å². The standard InChI is InChI=1S/C26H22N4O8S/c1-37-26(34)21-19-7-2-3-8-20(19)39-24(21)28-22(31)23(32)29-27-14-15-5-4-6-18(13-15)38-25(33)16-9-11-17(12-10-16)30(35)36/h4-6,9-14H,2-3,7-8H2,1H3,(H,28,31)(H,29,32). The van der Waals surface area contributed by atoms with Crippen molar-refractivity contribution < 1.29 is 33.6 Å². The molecule has 39 heavy (non-hydrogen) atoms. The van der Waals surface area contributed by atoms with E-state index in [1.165, 1.54) is 61.1 Å². The Hall–Kier alpha value is -4.91. The zero-order chi connectivity index (χ0) is 27.9. The van der Waals surface area contributed by atoms with Crippen LogP contribution in [0.2, 0.25) is 0 Å². The largest absolute Gasteiger partial charge is 0.465 e. The third-order valence-electron chi connectivity index (χ3n) is 5.76. The maximum Gasteiger partial charge on any atom is 0.343 e. The van der Waals surface area contributed by atoms with E-state index in [1.54, 1.807) is 12.1 Å². The van der Waals surface area contributed by atoms with Crippen LogP contribution in [0, 0.1) is 10.1 Å². The van der Waals surface area contributed by atoms with Crippen LogP contribution in [0.4, 0.5) is 10.7 Å². The van der Waals surface area contributed by atoms with Gasteiger partial charge in [0.2, 0.25) is 0 Å². The first-order chi connectivity index (χ1) is 18.8. The summed E-state index contributed by atoms with van der Waals surface area (Å²) in [6, 6.07) is 11.2. The Morgan fingerprint density at radius 1 is 1.03 bits per heavy atom. The number of fused-ring (bicyclic) bond motifs is 1. The molecule has 3 aromatic rings. The van der Waals surface area contributed by atoms with Gasteiger partial charge in [-0.3, -0.25) is 19.7 Å². The molecule has 0 spiro atoms. The van der Waals surface area contributed by atoms with Crippen molar-refractivity contribution in [1.82, 2.24) is 5.43 Å². The van der Waals surface area contributed by atoms with Crippen LogP contribution in [0.1, 0.15) is 49.6 Å². The molecule has 2 amide bonds. The molecule has 0 atom stereocenters. The van der Waals surface area contributed by atoms with E-state index in [9.17, 15) is 29.3 Å². The molecule has 0 bridgehead atoms. The number of hydrogen-bond donors (Lipinski definition) is 2. The summed E-state index contributed by atoms with van der Waals surface area (Å²) in [5.41, 5.74) is 3.67. The Morgan fingerprint density at radius 3 is 2.49 bits per heavy atom. The van der Waals surface area contributed by atoms with Crippen molar-refractivity contribution in [2.24, 2.45) is 5.10 Å². The fraction of sp³-hybridized carbons (Fsp3) is 0.192. The highest BCUT2D eigenvalue weighted by Gasteiger charge is 2.28. The fourth-order valence-electron chi connectivity index (χ4n) is 3.89. The number of carbonyl (C=O) groups is 4. The lowest BCUT2D eigenvalue weighted by molar-refractivity contribution is -0.384. The van der Waals surface area contributed by atoms with Crippen molar-refractivity contribution in [3.63, 3.8) is 0 Å². The van der Waals surface area contributed by atoms with Gasteiger partial charge >= 0.3 is 23.8 Å². The minimum atomic E-state index is -1.05. The molecule has 1 aromatic heterocycles. The van der Waals surface area contributed by atoms with Gasteiger partial charge < -0.3 is 14.8 Å². The number of ether oxygens (including phenoxy) is 2. The quantitative estimate of drug-likeness (QED) is 0.112. The van der Waals surface area contributed by atoms with Gasteiger partial charge in [-0.25, -0.2) is 15.0 Å². The minimum Gasteiger partial charge on any atom is -0.465 e. The van der Waals surface area contributed by atoms with Gasteiger partial charge in [-0.1, -0.05) is 12.1 Å². The number of aryl methyl sites for hydroxylation is 1. The molecule has 0 saturated heterocycles. The second kappa shape index (κ2) is 12.1. The maximum atomic E-state index is 12.5. The molecular formula is C26H22N4O8S. The number of benzene rings is 2. The molecule has 13 heteroatoms. The first-order valence-corrected chi connectivity index (χ1v) is 12.5. The van der Waals surface area contributed by atoms with Gasteiger partial charge in [-0.15, -0.1) is 11.3 Å². The summed E-state index contributed by atoms with van der Waals surface area (Å²) in [4.78, 5) is 60.6. The Balaban J connectivity index is 1.36. The van der Waals surface area contributed by atoms with E-state index in [0.717, 1.165) is 29.7 Å². The number of non-ortho nitro benzene ring substituents is 1. The second-order valence-electron chi connectivity index (χ2n) is 8.33. The summed E-state index contributed by atoms with van der Waals surface area (Å²) < 4.78 is 10.2. The van der Waals surface area contributed by atoms with Crippen LogP contribution in [0.15, 0.2) is 53.6 Å². The number of nitrogens with zero attached hydrogens (tertiary/aromatic N) is 2. The summed E-state index contributed by atoms with van der Waals surface area (Å²) in [6.45, 7) is 0. The second-order valence-corrected chi connectivity index (χ2v) is 9.43. The van der Waals surface area contributed by atoms with Gasteiger partial charge in [0, 0.05) is 17.0 Å². The molecule has 2 aromatic carbocycles. The molecule has 0 unspecified atom stereocenters. The number of hydrazone groups is 1. The van der Waals surface area contributed by atoms with E-state index in [0.29, 0.717) is 12.0 Å². The topological polar surface area (TPSA) is 166 Å². The number of nitro groups is 1. The normalized spacial score (nSPS) is 12.3. The summed E-state index contributed by atoms with van der Waals surface area (Å²) in [5, 5.41) is 17.3. The average Bonchev–Trinajstić information content (AvgIpc) is 3.30. The van der Waals surface area contributed by atoms with Gasteiger partial charge in [-0.2, -0.15) is 5.10 Å². The van der Waals surface area contributed by atoms with Crippen LogP contribution in [-0.2, 0) is 27.2 Å². The molecular weight excluding hydrogens is 528 g/mol. The van der Waals surface area contributed by atoms with Gasteiger partial charge in [0.1, 0.15) is 10.8 Å². The van der Waals surface area contributed by atoms with Crippen LogP contribution >= 0.6 is 11.3 Å². The lowest BCUT2D eigenvalue weighted by Crippen LogP contribution is -2.32. The van der Waals surface area contributed by atoms with Crippen LogP contribution in [-0.4, -0.2) is 42.0 Å². The van der Waals surface area contributed by atoms with Gasteiger partial charge in [0.15, 0.2) is 0 Å². The SMILES string of the molecule is COC(=O)c1c(NC(=O)C(=O)NN=Cc2cccc(OC(=O)c3ccc([N+](=O)[O-])cc3)c2)sc2c1CCCC2. The van der Waals surface area contributed by atoms with Gasteiger partial charge in [-0.05, 0) is 61.1 Å². The maximum absolute atomic E-state index is 12.5. The molecule has 1 aliphatic rings. The first kappa shape index (κ1) is 27.1. The highest BCUT2D eigenvalue weighted by molar-refractivity contribution is 7.17. The number of thiophene rings is 1. The lowest BCUT2D eigenvalue weighted by atomic mass is 9.95. The lowest BCUT2D eigenvalue weighted by Gasteiger charge is -2.11. The van der Waals surface area contributed by atoms with Crippen molar-refractivity contribution in [2.45, 2.75) is 25.7 Å². The molecule has 0 aliphatic heterocycles. The molecule has 0 saturated carbocycles. The number of carbonyl (C=O) groups excluding carboxylic acids is 4. The van der Waals surface area contributed by atoms with Crippen LogP contribution in [0.5, 0.6) is 5.75 Å². The predicted octanol–water partition coefficient (Wildman–Crippen LogP) is 3.63. The number of hydrogen-bond acceptors (Lipinski definition) is 10. The monoisotopic (exact) mass is 550 g/mol. The Bertz CT molecular complexity index is 1480. The molecule has 1 aliphatic carbocycles. The summed E-state index contributed by atoms with van der Waals surface area (Å²) in [7, 11) is 1.26. The molecule has 0 fully saturated rings. The Morgan fingerprint density at radius 2 is 1.77 bits per heavy atom. The fourth-order valence-corrected chi connectivity index (χ4v) is 5.16. The highest BCUT2D eigenvalue weighted by Crippen LogP contribution is 2.38. The van der Waals surface area contributed by atoms with E-state index in [4.69, 9.17) is 9.47 Å². The van der Waals surface area contributed by atoms with Crippen LogP contribution in [0.25, 0.3) is 0 Å². The van der Waals surface area contributed by atoms with E-state index in [1.807, 2.05) is 0 Å². The summed E-state index contributed by atoms with van der Waals surface area (Å²) in [6.07, 6.45) is 4.64. The minimum absolute atomic E-state index is 0.125. The zero-order valence-electron chi connectivity index (χ0n) is 20.6. The first-order valence-electron chi connectivity index (χ1n) is 11.7. The number of rotatable bonds is 7. The molecule has 12 nitrogen and oxygen atoms in total. The number of amides is 2. The van der Waals surface area contributed by atoms with Crippen molar-refractivity contribution in [2.75, 3.05) is 12.4 Å². The number of anilines is 1. The van der Waals surface area contributed by atoms with E-state index >= 15 is 0 Å². The van der Waals surface area contributed by atoms with Gasteiger partial charge in [0.05, 0.1) is 29.4 Å². The third-order valence-corrected chi connectivity index (χ3v) is 6.96. The van der Waals surface area contributed by atoms with E-state index in [2.05, 4.69) is 15.8 Å². The van der Waals surface area contributed by atoms with Gasteiger partial charge in [0.25, 0.3) is 5.69 Å². The zero-order valence-corrected chi connectivity index (χ0v) is 21.4. The smallest absolute Gasteiger partial charge is 0.343 e.